The van der Waals surface area contributed by atoms with E-state index in [4.69, 9.17) is 5.73 Å². The fourth-order valence-corrected chi connectivity index (χ4v) is 3.93. The van der Waals surface area contributed by atoms with Crippen LogP contribution in [0.5, 0.6) is 0 Å². The van der Waals surface area contributed by atoms with E-state index < -0.39 is 0 Å². The van der Waals surface area contributed by atoms with E-state index >= 15 is 0 Å². The maximum absolute atomic E-state index is 12.4. The van der Waals surface area contributed by atoms with Crippen LogP contribution in [0.2, 0.25) is 0 Å². The third-order valence-corrected chi connectivity index (χ3v) is 5.74. The number of hydrogen-bond donors (Lipinski definition) is 2. The quantitative estimate of drug-likeness (QED) is 0.723. The number of rotatable bonds is 6. The Labute approximate surface area is 170 Å². The normalized spacial score (nSPS) is 14.4. The van der Waals surface area contributed by atoms with Crippen LogP contribution in [0.3, 0.4) is 0 Å². The van der Waals surface area contributed by atoms with E-state index in [1.54, 1.807) is 11.3 Å². The minimum Gasteiger partial charge on any atom is -0.399 e. The summed E-state index contributed by atoms with van der Waals surface area (Å²) in [5.74, 6) is 0.248. The van der Waals surface area contributed by atoms with Gasteiger partial charge in [0.25, 0.3) is 0 Å². The Balaban J connectivity index is 0.00000261. The second-order valence-corrected chi connectivity index (χ2v) is 7.73. The summed E-state index contributed by atoms with van der Waals surface area (Å²) in [5, 5.41) is 5.08. The summed E-state index contributed by atoms with van der Waals surface area (Å²) in [6.45, 7) is 1.98. The van der Waals surface area contributed by atoms with Crippen molar-refractivity contribution in [1.82, 2.24) is 10.2 Å². The number of thiophene rings is 1. The van der Waals surface area contributed by atoms with Crippen molar-refractivity contribution in [3.05, 3.63) is 52.2 Å². The molecule has 5 nitrogen and oxygen atoms in total. The Morgan fingerprint density at radius 1 is 1.15 bits per heavy atom. The lowest BCUT2D eigenvalue weighted by molar-refractivity contribution is -0.135. The Bertz CT molecular complexity index is 726. The molecule has 27 heavy (non-hydrogen) atoms. The van der Waals surface area contributed by atoms with Gasteiger partial charge in [0.1, 0.15) is 0 Å². The van der Waals surface area contributed by atoms with E-state index in [0.717, 1.165) is 24.8 Å². The van der Waals surface area contributed by atoms with Gasteiger partial charge in [-0.1, -0.05) is 18.2 Å². The van der Waals surface area contributed by atoms with Crippen molar-refractivity contribution in [1.29, 1.82) is 0 Å². The number of anilines is 1. The van der Waals surface area contributed by atoms with Gasteiger partial charge in [-0.05, 0) is 48.4 Å². The lowest BCUT2D eigenvalue weighted by atomic mass is 9.95. The van der Waals surface area contributed by atoms with Gasteiger partial charge in [0, 0.05) is 36.1 Å². The van der Waals surface area contributed by atoms with Crippen molar-refractivity contribution in [3.8, 4) is 0 Å². The van der Waals surface area contributed by atoms with E-state index in [0.29, 0.717) is 31.7 Å². The molecule has 0 spiro atoms. The van der Waals surface area contributed by atoms with Crippen LogP contribution >= 0.6 is 23.7 Å². The second-order valence-electron chi connectivity index (χ2n) is 6.69. The molecular formula is C20H26ClN3O2S. The molecule has 0 atom stereocenters. The maximum atomic E-state index is 12.4. The first-order chi connectivity index (χ1) is 12.6. The summed E-state index contributed by atoms with van der Waals surface area (Å²) >= 11 is 1.71. The zero-order valence-electron chi connectivity index (χ0n) is 15.2. The van der Waals surface area contributed by atoms with Crippen LogP contribution < -0.4 is 11.1 Å². The van der Waals surface area contributed by atoms with Crippen molar-refractivity contribution in [2.24, 2.45) is 5.92 Å². The van der Waals surface area contributed by atoms with E-state index in [-0.39, 0.29) is 30.1 Å². The first-order valence-electron chi connectivity index (χ1n) is 9.04. The number of nitrogens with two attached hydrogens (primary N) is 1. The van der Waals surface area contributed by atoms with E-state index in [2.05, 4.69) is 11.4 Å². The van der Waals surface area contributed by atoms with Crippen LogP contribution in [0.15, 0.2) is 41.8 Å². The van der Waals surface area contributed by atoms with E-state index in [9.17, 15) is 9.59 Å². The van der Waals surface area contributed by atoms with Gasteiger partial charge in [-0.3, -0.25) is 9.59 Å². The van der Waals surface area contributed by atoms with Crippen molar-refractivity contribution in [2.75, 3.05) is 25.4 Å². The highest BCUT2D eigenvalue weighted by molar-refractivity contribution is 7.09. The van der Waals surface area contributed by atoms with E-state index in [1.807, 2.05) is 40.6 Å². The Kier molecular flexibility index (Phi) is 8.13. The molecule has 0 radical (unpaired) electrons. The Morgan fingerprint density at radius 2 is 1.85 bits per heavy atom. The molecule has 0 aliphatic carbocycles. The number of carbonyl (C=O) groups excluding carboxylic acids is 2. The van der Waals surface area contributed by atoms with Gasteiger partial charge in [0.05, 0.1) is 6.42 Å². The molecule has 1 aliphatic rings. The van der Waals surface area contributed by atoms with Gasteiger partial charge < -0.3 is 16.0 Å². The van der Waals surface area contributed by atoms with Crippen LogP contribution in [0.4, 0.5) is 5.69 Å². The number of nitrogens with one attached hydrogen (secondary N) is 1. The summed E-state index contributed by atoms with van der Waals surface area (Å²) in [4.78, 5) is 27.9. The number of likely N-dealkylation sites (tertiary alicyclic amines) is 1. The van der Waals surface area contributed by atoms with Gasteiger partial charge in [-0.2, -0.15) is 0 Å². The molecule has 2 heterocycles. The fraction of sp³-hybridized carbons (Fsp3) is 0.400. The summed E-state index contributed by atoms with van der Waals surface area (Å²) in [7, 11) is 0. The predicted octanol–water partition coefficient (Wildman–Crippen LogP) is 2.89. The molecule has 0 unspecified atom stereocenters. The lowest BCUT2D eigenvalue weighted by Gasteiger charge is -2.31. The molecule has 0 bridgehead atoms. The summed E-state index contributed by atoms with van der Waals surface area (Å²) in [5.41, 5.74) is 7.34. The second kappa shape index (κ2) is 10.3. The molecule has 146 valence electrons. The molecule has 1 saturated heterocycles. The van der Waals surface area contributed by atoms with Gasteiger partial charge in [-0.15, -0.1) is 23.7 Å². The number of benzene rings is 1. The Morgan fingerprint density at radius 3 is 2.48 bits per heavy atom. The molecule has 1 aromatic carbocycles. The van der Waals surface area contributed by atoms with Crippen LogP contribution in [-0.4, -0.2) is 36.3 Å². The first-order valence-corrected chi connectivity index (χ1v) is 9.92. The first kappa shape index (κ1) is 21.3. The van der Waals surface area contributed by atoms with Crippen LogP contribution in [0, 0.1) is 5.92 Å². The molecular weight excluding hydrogens is 382 g/mol. The number of nitrogen functional groups attached to an aromatic ring is 1. The minimum absolute atomic E-state index is 0. The number of piperidine rings is 1. The van der Waals surface area contributed by atoms with E-state index in [1.165, 1.54) is 4.88 Å². The van der Waals surface area contributed by atoms with Gasteiger partial charge in [0.2, 0.25) is 11.8 Å². The molecule has 7 heteroatoms. The number of carbonyl (C=O) groups is 2. The fourth-order valence-electron chi connectivity index (χ4n) is 3.22. The number of nitrogens with zero attached hydrogens (tertiary/aromatic N) is 1. The van der Waals surface area contributed by atoms with Crippen molar-refractivity contribution in [3.63, 3.8) is 0 Å². The highest BCUT2D eigenvalue weighted by Crippen LogP contribution is 2.19. The predicted molar refractivity (Wildman–Crippen MR) is 112 cm³/mol. The zero-order chi connectivity index (χ0) is 18.4. The smallest absolute Gasteiger partial charge is 0.226 e. The summed E-state index contributed by atoms with van der Waals surface area (Å²) in [6, 6.07) is 11.5. The average Bonchev–Trinajstić information content (AvgIpc) is 3.17. The number of halogens is 1. The van der Waals surface area contributed by atoms with Crippen molar-refractivity contribution >= 4 is 41.2 Å². The molecule has 3 rings (SSSR count). The molecule has 1 fully saturated rings. The van der Waals surface area contributed by atoms with Crippen LogP contribution in [0.25, 0.3) is 0 Å². The van der Waals surface area contributed by atoms with Crippen molar-refractivity contribution < 1.29 is 9.59 Å². The number of hydrogen-bond acceptors (Lipinski definition) is 4. The maximum Gasteiger partial charge on any atom is 0.226 e. The van der Waals surface area contributed by atoms with Gasteiger partial charge in [-0.25, -0.2) is 0 Å². The lowest BCUT2D eigenvalue weighted by Crippen LogP contribution is -2.43. The highest BCUT2D eigenvalue weighted by atomic mass is 35.5. The SMILES string of the molecule is Cl.Nc1ccc(CC(=O)N2CCC(C(=O)NCCc3cccs3)CC2)cc1. The van der Waals surface area contributed by atoms with Gasteiger partial charge >= 0.3 is 0 Å². The molecule has 2 amide bonds. The molecule has 1 aliphatic heterocycles. The largest absolute Gasteiger partial charge is 0.399 e. The van der Waals surface area contributed by atoms with Crippen LogP contribution in [-0.2, 0) is 22.4 Å². The molecule has 0 saturated carbocycles. The third kappa shape index (κ3) is 6.26. The van der Waals surface area contributed by atoms with Gasteiger partial charge in [0.15, 0.2) is 0 Å². The average molecular weight is 408 g/mol. The minimum atomic E-state index is 0. The monoisotopic (exact) mass is 407 g/mol. The Hall–Kier alpha value is -2.05. The van der Waals surface area contributed by atoms with Crippen LogP contribution in [0.1, 0.15) is 23.3 Å². The standard InChI is InChI=1S/C20H25N3O2S.ClH/c21-17-5-3-15(4-6-17)14-19(24)23-11-8-16(9-12-23)20(25)22-10-7-18-2-1-13-26-18;/h1-6,13,16H,7-12,14,21H2,(H,22,25);1H. The van der Waals surface area contributed by atoms with Crippen molar-refractivity contribution in [2.45, 2.75) is 25.7 Å². The highest BCUT2D eigenvalue weighted by Gasteiger charge is 2.27. The molecule has 2 aromatic rings. The molecule has 1 aromatic heterocycles. The topological polar surface area (TPSA) is 75.4 Å². The number of amides is 2. The zero-order valence-corrected chi connectivity index (χ0v) is 16.9. The summed E-state index contributed by atoms with van der Waals surface area (Å²) < 4.78 is 0. The summed E-state index contributed by atoms with van der Waals surface area (Å²) in [6.07, 6.45) is 2.73. The molecule has 3 N–H and O–H groups in total. The third-order valence-electron chi connectivity index (χ3n) is 4.80.